The Kier molecular flexibility index (Phi) is 3.10. The van der Waals surface area contributed by atoms with E-state index >= 15 is 0 Å². The third kappa shape index (κ3) is 2.34. The highest BCUT2D eigenvalue weighted by molar-refractivity contribution is 5.74. The first kappa shape index (κ1) is 9.34. The van der Waals surface area contributed by atoms with Crippen molar-refractivity contribution >= 4 is 5.57 Å². The number of benzene rings is 1. The standard InChI is InChI=1S/C11H11NO/c1-3-13-11-6-4-10(5-7-11)9(2)8-12/h4-7H,2-3H2,1H3. The van der Waals surface area contributed by atoms with Crippen molar-refractivity contribution in [2.24, 2.45) is 0 Å². The molecule has 2 nitrogen and oxygen atoms in total. The van der Waals surface area contributed by atoms with Crippen molar-refractivity contribution in [3.8, 4) is 11.8 Å². The number of nitrogens with zero attached hydrogens (tertiary/aromatic N) is 1. The zero-order valence-corrected chi connectivity index (χ0v) is 7.58. The topological polar surface area (TPSA) is 33.0 Å². The van der Waals surface area contributed by atoms with E-state index in [1.165, 1.54) is 0 Å². The van der Waals surface area contributed by atoms with Gasteiger partial charge in [-0.15, -0.1) is 0 Å². The predicted molar refractivity (Wildman–Crippen MR) is 52.3 cm³/mol. The number of nitriles is 1. The SMILES string of the molecule is C=C(C#N)c1ccc(OCC)cc1. The molecule has 1 aromatic carbocycles. The molecule has 0 amide bonds. The second-order valence-electron chi connectivity index (χ2n) is 2.55. The summed E-state index contributed by atoms with van der Waals surface area (Å²) in [7, 11) is 0. The summed E-state index contributed by atoms with van der Waals surface area (Å²) in [5, 5.41) is 8.58. The molecule has 13 heavy (non-hydrogen) atoms. The second-order valence-corrected chi connectivity index (χ2v) is 2.55. The summed E-state index contributed by atoms with van der Waals surface area (Å²) in [5.74, 6) is 0.817. The van der Waals surface area contributed by atoms with Crippen LogP contribution in [0.4, 0.5) is 0 Å². The molecule has 0 spiro atoms. The van der Waals surface area contributed by atoms with Crippen molar-refractivity contribution in [2.75, 3.05) is 6.61 Å². The third-order valence-electron chi connectivity index (χ3n) is 1.65. The van der Waals surface area contributed by atoms with Gasteiger partial charge in [0.2, 0.25) is 0 Å². The van der Waals surface area contributed by atoms with Gasteiger partial charge in [0.1, 0.15) is 5.75 Å². The van der Waals surface area contributed by atoms with Crippen LogP contribution in [-0.2, 0) is 0 Å². The summed E-state index contributed by atoms with van der Waals surface area (Å²) in [5.41, 5.74) is 1.31. The monoisotopic (exact) mass is 173 g/mol. The quantitative estimate of drug-likeness (QED) is 0.658. The van der Waals surface area contributed by atoms with Crippen molar-refractivity contribution < 1.29 is 4.74 Å². The van der Waals surface area contributed by atoms with Crippen LogP contribution in [0.5, 0.6) is 5.75 Å². The maximum absolute atomic E-state index is 8.58. The Morgan fingerprint density at radius 2 is 2.08 bits per heavy atom. The van der Waals surface area contributed by atoms with E-state index in [-0.39, 0.29) is 0 Å². The maximum atomic E-state index is 8.58. The third-order valence-corrected chi connectivity index (χ3v) is 1.65. The fourth-order valence-electron chi connectivity index (χ4n) is 0.984. The minimum absolute atomic E-state index is 0.475. The highest BCUT2D eigenvalue weighted by Gasteiger charge is 1.97. The molecule has 2 heteroatoms. The number of allylic oxidation sites excluding steroid dienone is 1. The molecule has 0 heterocycles. The van der Waals surface area contributed by atoms with Crippen LogP contribution in [0.1, 0.15) is 12.5 Å². The maximum Gasteiger partial charge on any atom is 0.119 e. The van der Waals surface area contributed by atoms with Crippen molar-refractivity contribution in [2.45, 2.75) is 6.92 Å². The highest BCUT2D eigenvalue weighted by Crippen LogP contribution is 2.16. The lowest BCUT2D eigenvalue weighted by Crippen LogP contribution is -1.90. The van der Waals surface area contributed by atoms with Gasteiger partial charge in [-0.1, -0.05) is 6.58 Å². The molecule has 1 aromatic rings. The molecule has 1 rings (SSSR count). The Bertz CT molecular complexity index is 332. The molecule has 0 bridgehead atoms. The molecule has 0 radical (unpaired) electrons. The van der Waals surface area contributed by atoms with Crippen molar-refractivity contribution in [3.63, 3.8) is 0 Å². The van der Waals surface area contributed by atoms with E-state index in [1.807, 2.05) is 37.3 Å². The lowest BCUT2D eigenvalue weighted by atomic mass is 10.1. The highest BCUT2D eigenvalue weighted by atomic mass is 16.5. The van der Waals surface area contributed by atoms with Crippen LogP contribution in [0.3, 0.4) is 0 Å². The minimum atomic E-state index is 0.475. The summed E-state index contributed by atoms with van der Waals surface area (Å²) >= 11 is 0. The number of hydrogen-bond acceptors (Lipinski definition) is 2. The van der Waals surface area contributed by atoms with Crippen molar-refractivity contribution in [3.05, 3.63) is 36.4 Å². The van der Waals surface area contributed by atoms with Gasteiger partial charge in [-0.05, 0) is 36.8 Å². The summed E-state index contributed by atoms with van der Waals surface area (Å²) in [6.45, 7) is 6.20. The lowest BCUT2D eigenvalue weighted by Gasteiger charge is -2.02. The Morgan fingerprint density at radius 3 is 2.54 bits per heavy atom. The Labute approximate surface area is 78.1 Å². The molecule has 0 saturated heterocycles. The van der Waals surface area contributed by atoms with Crippen molar-refractivity contribution in [1.29, 1.82) is 5.26 Å². The van der Waals surface area contributed by atoms with Crippen LogP contribution >= 0.6 is 0 Å². The van der Waals surface area contributed by atoms with Gasteiger partial charge < -0.3 is 4.74 Å². The summed E-state index contributed by atoms with van der Waals surface area (Å²) in [4.78, 5) is 0. The molecule has 0 aliphatic carbocycles. The number of rotatable bonds is 3. The van der Waals surface area contributed by atoms with Gasteiger partial charge in [0.15, 0.2) is 0 Å². The van der Waals surface area contributed by atoms with E-state index in [0.29, 0.717) is 12.2 Å². The largest absolute Gasteiger partial charge is 0.494 e. The first-order chi connectivity index (χ1) is 6.27. The van der Waals surface area contributed by atoms with Gasteiger partial charge in [0.05, 0.1) is 18.2 Å². The minimum Gasteiger partial charge on any atom is -0.494 e. The fraction of sp³-hybridized carbons (Fsp3) is 0.182. The molecule has 0 fully saturated rings. The molecule has 0 aliphatic rings. The summed E-state index contributed by atoms with van der Waals surface area (Å²) in [6, 6.07) is 9.33. The molecule has 0 aliphatic heterocycles. The number of hydrogen-bond donors (Lipinski definition) is 0. The zero-order chi connectivity index (χ0) is 9.68. The lowest BCUT2D eigenvalue weighted by molar-refractivity contribution is 0.340. The molecule has 66 valence electrons. The molecule has 0 saturated carbocycles. The Hall–Kier alpha value is -1.75. The molecular formula is C11H11NO. The van der Waals surface area contributed by atoms with E-state index in [4.69, 9.17) is 10.00 Å². The van der Waals surface area contributed by atoms with Crippen LogP contribution in [0.2, 0.25) is 0 Å². The van der Waals surface area contributed by atoms with E-state index in [9.17, 15) is 0 Å². The van der Waals surface area contributed by atoms with Crippen LogP contribution in [0.25, 0.3) is 5.57 Å². The normalized spacial score (nSPS) is 8.92. The van der Waals surface area contributed by atoms with E-state index < -0.39 is 0 Å². The average molecular weight is 173 g/mol. The van der Waals surface area contributed by atoms with Gasteiger partial charge >= 0.3 is 0 Å². The van der Waals surface area contributed by atoms with E-state index in [1.54, 1.807) is 0 Å². The Balaban J connectivity index is 2.82. The Morgan fingerprint density at radius 1 is 1.46 bits per heavy atom. The van der Waals surface area contributed by atoms with Gasteiger partial charge in [-0.2, -0.15) is 5.26 Å². The molecule has 0 aromatic heterocycles. The second kappa shape index (κ2) is 4.32. The average Bonchev–Trinajstić information content (AvgIpc) is 2.18. The first-order valence-corrected chi connectivity index (χ1v) is 4.10. The fourth-order valence-corrected chi connectivity index (χ4v) is 0.984. The molecule has 0 atom stereocenters. The summed E-state index contributed by atoms with van der Waals surface area (Å²) in [6.07, 6.45) is 0. The molecule has 0 N–H and O–H groups in total. The molecular weight excluding hydrogens is 162 g/mol. The first-order valence-electron chi connectivity index (χ1n) is 4.10. The van der Waals surface area contributed by atoms with E-state index in [0.717, 1.165) is 11.3 Å². The van der Waals surface area contributed by atoms with Crippen molar-refractivity contribution in [1.82, 2.24) is 0 Å². The zero-order valence-electron chi connectivity index (χ0n) is 7.58. The van der Waals surface area contributed by atoms with Crippen LogP contribution in [-0.4, -0.2) is 6.61 Å². The summed E-state index contributed by atoms with van der Waals surface area (Å²) < 4.78 is 5.26. The van der Waals surface area contributed by atoms with Gasteiger partial charge in [-0.3, -0.25) is 0 Å². The van der Waals surface area contributed by atoms with E-state index in [2.05, 4.69) is 6.58 Å². The van der Waals surface area contributed by atoms with Crippen LogP contribution < -0.4 is 4.74 Å². The van der Waals surface area contributed by atoms with Crippen LogP contribution in [0.15, 0.2) is 30.8 Å². The smallest absolute Gasteiger partial charge is 0.119 e. The molecule has 0 unspecified atom stereocenters. The van der Waals surface area contributed by atoms with Crippen LogP contribution in [0, 0.1) is 11.3 Å². The van der Waals surface area contributed by atoms with Gasteiger partial charge in [0, 0.05) is 0 Å². The predicted octanol–water partition coefficient (Wildman–Crippen LogP) is 2.62. The van der Waals surface area contributed by atoms with Gasteiger partial charge in [-0.25, -0.2) is 0 Å². The number of ether oxygens (including phenoxy) is 1. The van der Waals surface area contributed by atoms with Gasteiger partial charge in [0.25, 0.3) is 0 Å².